The van der Waals surface area contributed by atoms with Crippen molar-refractivity contribution in [3.63, 3.8) is 0 Å². The quantitative estimate of drug-likeness (QED) is 0.547. The second-order valence-corrected chi connectivity index (χ2v) is 8.09. The summed E-state index contributed by atoms with van der Waals surface area (Å²) in [5.41, 5.74) is 1.39. The van der Waals surface area contributed by atoms with Crippen molar-refractivity contribution in [3.05, 3.63) is 53.0 Å². The molecule has 0 radical (unpaired) electrons. The highest BCUT2D eigenvalue weighted by molar-refractivity contribution is 9.12. The van der Waals surface area contributed by atoms with Crippen LogP contribution >= 0.6 is 66.4 Å². The largest absolute Gasteiger partial charge is 0.294 e. The van der Waals surface area contributed by atoms with E-state index in [0.29, 0.717) is 15.6 Å². The molecule has 0 amide bonds. The van der Waals surface area contributed by atoms with Gasteiger partial charge in [0.05, 0.1) is 17.6 Å². The molecule has 1 nitrogen and oxygen atoms in total. The van der Waals surface area contributed by atoms with Crippen molar-refractivity contribution >= 4 is 72.2 Å². The number of carbonyl (C=O) groups is 1. The summed E-state index contributed by atoms with van der Waals surface area (Å²) in [7, 11) is 0. The van der Waals surface area contributed by atoms with Gasteiger partial charge in [-0.05, 0) is 49.6 Å². The monoisotopic (exact) mass is 426 g/mol. The molecule has 0 unspecified atom stereocenters. The summed E-state index contributed by atoms with van der Waals surface area (Å²) in [6, 6.07) is 7.10. The van der Waals surface area contributed by atoms with E-state index in [1.807, 2.05) is 0 Å². The molecule has 0 saturated carbocycles. The molecule has 2 aromatic rings. The zero-order valence-electron chi connectivity index (χ0n) is 8.84. The minimum Gasteiger partial charge on any atom is -0.294 e. The van der Waals surface area contributed by atoms with Crippen LogP contribution in [0.25, 0.3) is 0 Å². The van der Waals surface area contributed by atoms with Crippen molar-refractivity contribution in [1.29, 1.82) is 0 Å². The molecule has 0 N–H and O–H groups in total. The predicted molar refractivity (Wildman–Crippen MR) is 84.2 cm³/mol. The van der Waals surface area contributed by atoms with E-state index in [2.05, 4.69) is 31.9 Å². The number of benzene rings is 1. The van der Waals surface area contributed by atoms with E-state index in [0.717, 1.165) is 13.1 Å². The zero-order valence-corrected chi connectivity index (χ0v) is 14.3. The molecule has 0 saturated heterocycles. The Bertz CT molecular complexity index is 610. The number of carbonyl (C=O) groups excluding carboxylic acids is 1. The average Bonchev–Trinajstić information content (AvgIpc) is 2.64. The van der Waals surface area contributed by atoms with Crippen LogP contribution in [0.2, 0.25) is 10.0 Å². The Balaban J connectivity index is 2.27. The van der Waals surface area contributed by atoms with Crippen LogP contribution in [-0.4, -0.2) is 5.78 Å². The van der Waals surface area contributed by atoms with Gasteiger partial charge in [0.1, 0.15) is 0 Å². The first-order chi connectivity index (χ1) is 8.49. The number of rotatable bonds is 3. The Hall–Kier alpha value is 0.130. The third-order valence-electron chi connectivity index (χ3n) is 2.34. The summed E-state index contributed by atoms with van der Waals surface area (Å²) in [5, 5.41) is 0.908. The summed E-state index contributed by atoms with van der Waals surface area (Å²) in [6.07, 6.45) is 0.237. The first-order valence-corrected chi connectivity index (χ1v) is 8.06. The number of halogens is 4. The van der Waals surface area contributed by atoms with Gasteiger partial charge in [-0.3, -0.25) is 4.79 Å². The fourth-order valence-corrected chi connectivity index (χ4v) is 4.73. The van der Waals surface area contributed by atoms with Crippen molar-refractivity contribution in [1.82, 2.24) is 0 Å². The summed E-state index contributed by atoms with van der Waals surface area (Å²) in [6.45, 7) is 0. The third kappa shape index (κ3) is 3.17. The van der Waals surface area contributed by atoms with E-state index < -0.39 is 0 Å². The Morgan fingerprint density at radius 3 is 2.61 bits per heavy atom. The molecule has 94 valence electrons. The van der Waals surface area contributed by atoms with E-state index >= 15 is 0 Å². The number of ketones is 1. The summed E-state index contributed by atoms with van der Waals surface area (Å²) in [5.74, 6) is 0.00740. The Morgan fingerprint density at radius 1 is 1.28 bits per heavy atom. The molecule has 6 heteroatoms. The van der Waals surface area contributed by atoms with Gasteiger partial charge in [-0.1, -0.05) is 35.3 Å². The van der Waals surface area contributed by atoms with E-state index in [4.69, 9.17) is 23.2 Å². The van der Waals surface area contributed by atoms with E-state index in [1.165, 1.54) is 11.3 Å². The second-order valence-electron chi connectivity index (χ2n) is 3.55. The SMILES string of the molecule is O=C(Cc1cccc(Cl)c1Cl)c1cc(Br)sc1Br. The van der Waals surface area contributed by atoms with Gasteiger partial charge >= 0.3 is 0 Å². The van der Waals surface area contributed by atoms with Gasteiger partial charge in [0.15, 0.2) is 5.78 Å². The minimum absolute atomic E-state index is 0.00740. The van der Waals surface area contributed by atoms with Crippen LogP contribution in [0.5, 0.6) is 0 Å². The van der Waals surface area contributed by atoms with Crippen LogP contribution in [0, 0.1) is 0 Å². The first kappa shape index (κ1) is 14.5. The second kappa shape index (κ2) is 6.06. The fraction of sp³-hybridized carbons (Fsp3) is 0.0833. The number of Topliss-reactive ketones (excluding diaryl/α,β-unsaturated/α-hetero) is 1. The molecule has 0 aliphatic carbocycles. The molecule has 18 heavy (non-hydrogen) atoms. The summed E-state index contributed by atoms with van der Waals surface area (Å²) >= 11 is 20.2. The van der Waals surface area contributed by atoms with Crippen LogP contribution in [0.1, 0.15) is 15.9 Å². The van der Waals surface area contributed by atoms with Crippen LogP contribution in [0.3, 0.4) is 0 Å². The zero-order chi connectivity index (χ0) is 13.3. The molecule has 1 aromatic carbocycles. The highest BCUT2D eigenvalue weighted by Gasteiger charge is 2.16. The summed E-state index contributed by atoms with van der Waals surface area (Å²) < 4.78 is 1.73. The molecule has 0 aliphatic heterocycles. The molecule has 0 fully saturated rings. The van der Waals surface area contributed by atoms with Crippen LogP contribution in [0.15, 0.2) is 31.8 Å². The van der Waals surface area contributed by atoms with Crippen LogP contribution in [0.4, 0.5) is 0 Å². The third-order valence-corrected chi connectivity index (χ3v) is 5.54. The van der Waals surface area contributed by atoms with Gasteiger partial charge in [-0.25, -0.2) is 0 Å². The van der Waals surface area contributed by atoms with E-state index in [1.54, 1.807) is 24.3 Å². The smallest absolute Gasteiger partial charge is 0.169 e. The van der Waals surface area contributed by atoms with Gasteiger partial charge in [-0.2, -0.15) is 0 Å². The first-order valence-electron chi connectivity index (χ1n) is 4.90. The summed E-state index contributed by atoms with van der Waals surface area (Å²) in [4.78, 5) is 12.2. The number of hydrogen-bond acceptors (Lipinski definition) is 2. The van der Waals surface area contributed by atoms with Crippen molar-refractivity contribution in [2.75, 3.05) is 0 Å². The number of hydrogen-bond donors (Lipinski definition) is 0. The Morgan fingerprint density at radius 2 is 2.00 bits per heavy atom. The molecular formula is C12H6Br2Cl2OS. The highest BCUT2D eigenvalue weighted by atomic mass is 79.9. The molecule has 0 spiro atoms. The Labute approximate surface area is 135 Å². The van der Waals surface area contributed by atoms with Gasteiger partial charge < -0.3 is 0 Å². The minimum atomic E-state index is 0.00740. The van der Waals surface area contributed by atoms with Crippen molar-refractivity contribution < 1.29 is 4.79 Å². The molecule has 1 aromatic heterocycles. The fourth-order valence-electron chi connectivity index (χ4n) is 1.48. The highest BCUT2D eigenvalue weighted by Crippen LogP contribution is 2.33. The standard InChI is InChI=1S/C12H6Br2Cl2OS/c13-10-5-7(12(14)18-10)9(17)4-6-2-1-3-8(15)11(6)16/h1-3,5H,4H2. The predicted octanol–water partition coefficient (Wildman–Crippen LogP) is 6.01. The molecule has 0 atom stereocenters. The molecule has 0 bridgehead atoms. The lowest BCUT2D eigenvalue weighted by atomic mass is 10.1. The van der Waals surface area contributed by atoms with Gasteiger partial charge in [0.2, 0.25) is 0 Å². The van der Waals surface area contributed by atoms with E-state index in [-0.39, 0.29) is 12.2 Å². The topological polar surface area (TPSA) is 17.1 Å². The number of thiophene rings is 1. The van der Waals surface area contributed by atoms with Crippen LogP contribution < -0.4 is 0 Å². The van der Waals surface area contributed by atoms with Crippen molar-refractivity contribution in [3.8, 4) is 0 Å². The lowest BCUT2D eigenvalue weighted by Gasteiger charge is -2.04. The molecule has 2 rings (SSSR count). The van der Waals surface area contributed by atoms with Gasteiger partial charge in [0.25, 0.3) is 0 Å². The normalized spacial score (nSPS) is 10.7. The maximum atomic E-state index is 12.2. The maximum absolute atomic E-state index is 12.2. The van der Waals surface area contributed by atoms with E-state index in [9.17, 15) is 4.79 Å². The average molecular weight is 429 g/mol. The van der Waals surface area contributed by atoms with Crippen molar-refractivity contribution in [2.24, 2.45) is 0 Å². The van der Waals surface area contributed by atoms with Crippen LogP contribution in [-0.2, 0) is 6.42 Å². The lowest BCUT2D eigenvalue weighted by molar-refractivity contribution is 0.0993. The van der Waals surface area contributed by atoms with Gasteiger partial charge in [-0.15, -0.1) is 11.3 Å². The maximum Gasteiger partial charge on any atom is 0.169 e. The van der Waals surface area contributed by atoms with Crippen molar-refractivity contribution in [2.45, 2.75) is 6.42 Å². The van der Waals surface area contributed by atoms with Gasteiger partial charge in [0, 0.05) is 12.0 Å². The Kier molecular flexibility index (Phi) is 4.89. The molecule has 1 heterocycles. The molecular weight excluding hydrogens is 423 g/mol. The molecule has 0 aliphatic rings. The lowest BCUT2D eigenvalue weighted by Crippen LogP contribution is -2.03.